The predicted molar refractivity (Wildman–Crippen MR) is 83.2 cm³/mol. The van der Waals surface area contributed by atoms with Crippen molar-refractivity contribution >= 4 is 17.5 Å². The third-order valence-electron chi connectivity index (χ3n) is 3.75. The summed E-state index contributed by atoms with van der Waals surface area (Å²) in [6, 6.07) is 6.96. The quantitative estimate of drug-likeness (QED) is 0.876. The van der Waals surface area contributed by atoms with Crippen molar-refractivity contribution in [2.24, 2.45) is 0 Å². The molecule has 1 fully saturated rings. The van der Waals surface area contributed by atoms with Crippen LogP contribution >= 0.6 is 11.6 Å². The Morgan fingerprint density at radius 1 is 1.48 bits per heavy atom. The number of carbonyl (C=O) groups excluding carboxylic acids is 1. The van der Waals surface area contributed by atoms with Crippen LogP contribution < -0.4 is 5.32 Å². The molecule has 122 valence electrons. The van der Waals surface area contributed by atoms with Crippen LogP contribution in [0.25, 0.3) is 0 Å². The molecule has 1 amide bonds. The summed E-state index contributed by atoms with van der Waals surface area (Å²) < 4.78 is 10.8. The molecule has 0 radical (unpaired) electrons. The number of rotatable bonds is 5. The average molecular weight is 337 g/mol. The highest BCUT2D eigenvalue weighted by molar-refractivity contribution is 6.31. The van der Waals surface area contributed by atoms with Gasteiger partial charge in [0.15, 0.2) is 17.8 Å². The Morgan fingerprint density at radius 2 is 2.30 bits per heavy atom. The third kappa shape index (κ3) is 3.55. The van der Waals surface area contributed by atoms with Crippen LogP contribution in [-0.2, 0) is 4.74 Å². The van der Waals surface area contributed by atoms with E-state index < -0.39 is 12.0 Å². The zero-order valence-corrected chi connectivity index (χ0v) is 13.1. The maximum absolute atomic E-state index is 12.3. The van der Waals surface area contributed by atoms with Gasteiger partial charge >= 0.3 is 0 Å². The second-order valence-corrected chi connectivity index (χ2v) is 5.72. The van der Waals surface area contributed by atoms with E-state index in [1.807, 2.05) is 0 Å². The molecule has 1 aromatic carbocycles. The monoisotopic (exact) mass is 336 g/mol. The molecule has 2 aromatic rings. The minimum absolute atomic E-state index is 0.0282. The number of benzene rings is 1. The molecule has 2 heterocycles. The van der Waals surface area contributed by atoms with Gasteiger partial charge < -0.3 is 19.6 Å². The molecule has 1 aliphatic heterocycles. The molecule has 2 N–H and O–H groups in total. The van der Waals surface area contributed by atoms with Crippen LogP contribution in [0.2, 0.25) is 5.02 Å². The standard InChI is InChI=1S/C16H17ClN2O4/c17-11-5-2-1-4-10(11)12(20)8-18-16(21)14-15(23-9-19-14)13-6-3-7-22-13/h1-2,4-5,9,12-13,20H,3,6-8H2,(H,18,21). The molecule has 6 nitrogen and oxygen atoms in total. The fraction of sp³-hybridized carbons (Fsp3) is 0.375. The molecule has 0 spiro atoms. The van der Waals surface area contributed by atoms with Crippen molar-refractivity contribution in [3.63, 3.8) is 0 Å². The summed E-state index contributed by atoms with van der Waals surface area (Å²) in [6.07, 6.45) is 1.84. The van der Waals surface area contributed by atoms with Crippen LogP contribution in [0.4, 0.5) is 0 Å². The first-order chi connectivity index (χ1) is 11.2. The Labute approximate surface area is 138 Å². The number of oxazole rings is 1. The van der Waals surface area contributed by atoms with Gasteiger partial charge in [-0.05, 0) is 18.9 Å². The van der Waals surface area contributed by atoms with Crippen molar-refractivity contribution in [2.45, 2.75) is 25.0 Å². The number of aliphatic hydroxyl groups excluding tert-OH is 1. The number of aliphatic hydroxyl groups is 1. The third-order valence-corrected chi connectivity index (χ3v) is 4.10. The minimum atomic E-state index is -0.897. The zero-order valence-electron chi connectivity index (χ0n) is 12.4. The first kappa shape index (κ1) is 16.0. The van der Waals surface area contributed by atoms with Crippen LogP contribution in [0.5, 0.6) is 0 Å². The van der Waals surface area contributed by atoms with Gasteiger partial charge in [0.1, 0.15) is 6.10 Å². The average Bonchev–Trinajstić information content (AvgIpc) is 3.23. The van der Waals surface area contributed by atoms with Gasteiger partial charge in [0.05, 0.1) is 6.10 Å². The van der Waals surface area contributed by atoms with E-state index in [0.717, 1.165) is 12.8 Å². The maximum atomic E-state index is 12.3. The lowest BCUT2D eigenvalue weighted by Crippen LogP contribution is -2.29. The minimum Gasteiger partial charge on any atom is -0.445 e. The number of nitrogens with zero attached hydrogens (tertiary/aromatic N) is 1. The summed E-state index contributed by atoms with van der Waals surface area (Å²) in [5.74, 6) is 0.0302. The second-order valence-electron chi connectivity index (χ2n) is 5.31. The molecule has 2 unspecified atom stereocenters. The summed E-state index contributed by atoms with van der Waals surface area (Å²) in [6.45, 7) is 0.679. The SMILES string of the molecule is O=C(NCC(O)c1ccccc1Cl)c1ncoc1C1CCCO1. The van der Waals surface area contributed by atoms with E-state index in [1.54, 1.807) is 24.3 Å². The Morgan fingerprint density at radius 3 is 3.04 bits per heavy atom. The first-order valence-electron chi connectivity index (χ1n) is 7.42. The van der Waals surface area contributed by atoms with Crippen LogP contribution in [0, 0.1) is 0 Å². The van der Waals surface area contributed by atoms with E-state index in [9.17, 15) is 9.90 Å². The topological polar surface area (TPSA) is 84.6 Å². The first-order valence-corrected chi connectivity index (χ1v) is 7.80. The molecule has 3 rings (SSSR count). The molecule has 0 bridgehead atoms. The fourth-order valence-electron chi connectivity index (χ4n) is 2.57. The fourth-order valence-corrected chi connectivity index (χ4v) is 2.83. The highest BCUT2D eigenvalue weighted by atomic mass is 35.5. The number of amides is 1. The van der Waals surface area contributed by atoms with Crippen LogP contribution in [0.3, 0.4) is 0 Å². The molecule has 7 heteroatoms. The molecular weight excluding hydrogens is 320 g/mol. The summed E-state index contributed by atoms with van der Waals surface area (Å²) >= 11 is 6.03. The number of nitrogens with one attached hydrogen (secondary N) is 1. The number of carbonyl (C=O) groups is 1. The highest BCUT2D eigenvalue weighted by Crippen LogP contribution is 2.30. The normalized spacial score (nSPS) is 18.8. The van der Waals surface area contributed by atoms with E-state index in [4.69, 9.17) is 20.8 Å². The van der Waals surface area contributed by atoms with Crippen molar-refractivity contribution in [2.75, 3.05) is 13.2 Å². The lowest BCUT2D eigenvalue weighted by atomic mass is 10.1. The molecule has 23 heavy (non-hydrogen) atoms. The summed E-state index contributed by atoms with van der Waals surface area (Å²) in [5, 5.41) is 13.3. The maximum Gasteiger partial charge on any atom is 0.273 e. The largest absolute Gasteiger partial charge is 0.445 e. The number of hydrogen-bond acceptors (Lipinski definition) is 5. The van der Waals surface area contributed by atoms with Crippen LogP contribution in [0.1, 0.15) is 46.9 Å². The highest BCUT2D eigenvalue weighted by Gasteiger charge is 2.28. The van der Waals surface area contributed by atoms with Gasteiger partial charge in [-0.2, -0.15) is 0 Å². The summed E-state index contributed by atoms with van der Waals surface area (Å²) in [7, 11) is 0. The van der Waals surface area contributed by atoms with Gasteiger partial charge in [-0.25, -0.2) is 4.98 Å². The molecule has 2 atom stereocenters. The molecule has 0 saturated carbocycles. The van der Waals surface area contributed by atoms with Gasteiger partial charge in [0.2, 0.25) is 0 Å². The lowest BCUT2D eigenvalue weighted by molar-refractivity contribution is 0.0843. The smallest absolute Gasteiger partial charge is 0.273 e. The zero-order chi connectivity index (χ0) is 16.2. The van der Waals surface area contributed by atoms with Crippen LogP contribution in [-0.4, -0.2) is 29.1 Å². The van der Waals surface area contributed by atoms with Gasteiger partial charge in [-0.3, -0.25) is 4.79 Å². The number of hydrogen-bond donors (Lipinski definition) is 2. The summed E-state index contributed by atoms with van der Waals surface area (Å²) in [4.78, 5) is 16.2. The molecule has 1 saturated heterocycles. The Hall–Kier alpha value is -1.89. The number of aromatic nitrogens is 1. The van der Waals surface area contributed by atoms with E-state index in [-0.39, 0.29) is 18.3 Å². The van der Waals surface area contributed by atoms with Crippen molar-refractivity contribution in [3.05, 3.63) is 52.7 Å². The predicted octanol–water partition coefficient (Wildman–Crippen LogP) is 2.64. The molecule has 1 aromatic heterocycles. The Balaban J connectivity index is 1.64. The van der Waals surface area contributed by atoms with Crippen molar-refractivity contribution in [1.82, 2.24) is 10.3 Å². The van der Waals surface area contributed by atoms with Gasteiger partial charge in [-0.15, -0.1) is 0 Å². The summed E-state index contributed by atoms with van der Waals surface area (Å²) in [5.41, 5.74) is 0.761. The van der Waals surface area contributed by atoms with E-state index in [2.05, 4.69) is 10.3 Å². The number of ether oxygens (including phenoxy) is 1. The van der Waals surface area contributed by atoms with E-state index in [1.165, 1.54) is 6.39 Å². The molecule has 0 aliphatic carbocycles. The van der Waals surface area contributed by atoms with Gasteiger partial charge in [0, 0.05) is 23.7 Å². The van der Waals surface area contributed by atoms with E-state index >= 15 is 0 Å². The van der Waals surface area contributed by atoms with E-state index in [0.29, 0.717) is 23.0 Å². The van der Waals surface area contributed by atoms with Crippen molar-refractivity contribution in [3.8, 4) is 0 Å². The van der Waals surface area contributed by atoms with Crippen molar-refractivity contribution in [1.29, 1.82) is 0 Å². The van der Waals surface area contributed by atoms with Crippen molar-refractivity contribution < 1.29 is 19.1 Å². The number of halogens is 1. The van der Waals surface area contributed by atoms with Crippen LogP contribution in [0.15, 0.2) is 35.1 Å². The lowest BCUT2D eigenvalue weighted by Gasteiger charge is -2.14. The Kier molecular flexibility index (Phi) is 4.95. The molecular formula is C16H17ClN2O4. The second kappa shape index (κ2) is 7.12. The van der Waals surface area contributed by atoms with Gasteiger partial charge in [0.25, 0.3) is 5.91 Å². The van der Waals surface area contributed by atoms with Gasteiger partial charge in [-0.1, -0.05) is 29.8 Å². The molecule has 1 aliphatic rings. The Bertz CT molecular complexity index is 682.